The Bertz CT molecular complexity index is 508. The van der Waals surface area contributed by atoms with Crippen LogP contribution in [0.15, 0.2) is 22.5 Å². The molecule has 2 N–H and O–H groups in total. The molecule has 0 unspecified atom stereocenters. The molecule has 0 atom stereocenters. The Morgan fingerprint density at radius 3 is 2.65 bits per heavy atom. The molecule has 126 valence electrons. The predicted octanol–water partition coefficient (Wildman–Crippen LogP) is 2.42. The van der Waals surface area contributed by atoms with Crippen molar-refractivity contribution in [3.8, 4) is 0 Å². The molecule has 1 aromatic rings. The third-order valence-electron chi connectivity index (χ3n) is 4.27. The average molecular weight is 352 g/mol. The molecule has 1 saturated heterocycles. The lowest BCUT2D eigenvalue weighted by molar-refractivity contribution is 0.456. The monoisotopic (exact) mass is 351 g/mol. The molecule has 23 heavy (non-hydrogen) atoms. The molecule has 1 saturated carbocycles. The Kier molecular flexibility index (Phi) is 6.45. The number of nitrogens with zero attached hydrogens (tertiary/aromatic N) is 4. The van der Waals surface area contributed by atoms with Crippen molar-refractivity contribution in [1.82, 2.24) is 14.9 Å². The van der Waals surface area contributed by atoms with Crippen molar-refractivity contribution in [1.29, 1.82) is 0 Å². The molecule has 0 amide bonds. The van der Waals surface area contributed by atoms with E-state index >= 15 is 0 Å². The van der Waals surface area contributed by atoms with E-state index in [1.807, 2.05) is 35.9 Å². The van der Waals surface area contributed by atoms with Gasteiger partial charge in [0.1, 0.15) is 0 Å². The Labute approximate surface area is 146 Å². The number of aromatic nitrogens is 2. The maximum atomic E-state index is 6.06. The third kappa shape index (κ3) is 5.28. The fourth-order valence-electron chi connectivity index (χ4n) is 2.88. The van der Waals surface area contributed by atoms with Crippen molar-refractivity contribution in [2.24, 2.45) is 10.7 Å². The molecule has 0 spiro atoms. The van der Waals surface area contributed by atoms with Crippen LogP contribution >= 0.6 is 23.5 Å². The van der Waals surface area contributed by atoms with Gasteiger partial charge >= 0.3 is 0 Å². The summed E-state index contributed by atoms with van der Waals surface area (Å²) in [5.74, 6) is 2.97. The summed E-state index contributed by atoms with van der Waals surface area (Å²) in [7, 11) is 0. The zero-order valence-corrected chi connectivity index (χ0v) is 15.1. The second kappa shape index (κ2) is 8.78. The maximum Gasteiger partial charge on any atom is 0.191 e. The fourth-order valence-corrected chi connectivity index (χ4v) is 4.88. The standard InChI is InChI=1S/C16H25N5S2/c17-15(21-7-9-22-10-8-21)18-6-5-13-11-19-16(20-12-13)23-14-3-1-2-4-14/h11-12,14H,1-10H2,(H2,17,18). The molecule has 7 heteroatoms. The lowest BCUT2D eigenvalue weighted by atomic mass is 10.2. The largest absolute Gasteiger partial charge is 0.370 e. The summed E-state index contributed by atoms with van der Waals surface area (Å²) in [4.78, 5) is 15.7. The van der Waals surface area contributed by atoms with E-state index in [4.69, 9.17) is 5.73 Å². The van der Waals surface area contributed by atoms with Crippen LogP contribution in [0.25, 0.3) is 0 Å². The number of aliphatic imine (C=N–C) groups is 1. The van der Waals surface area contributed by atoms with Gasteiger partial charge in [-0.05, 0) is 24.8 Å². The minimum absolute atomic E-state index is 0.680. The Morgan fingerprint density at radius 1 is 1.26 bits per heavy atom. The smallest absolute Gasteiger partial charge is 0.191 e. The number of thioether (sulfide) groups is 2. The number of hydrogen-bond acceptors (Lipinski definition) is 5. The minimum atomic E-state index is 0.680. The van der Waals surface area contributed by atoms with E-state index in [9.17, 15) is 0 Å². The van der Waals surface area contributed by atoms with Gasteiger partial charge in [-0.3, -0.25) is 4.99 Å². The van der Waals surface area contributed by atoms with Crippen LogP contribution in [0.4, 0.5) is 0 Å². The van der Waals surface area contributed by atoms with Crippen LogP contribution in [-0.2, 0) is 6.42 Å². The Morgan fingerprint density at radius 2 is 1.96 bits per heavy atom. The molecule has 0 bridgehead atoms. The van der Waals surface area contributed by atoms with Crippen LogP contribution in [0.1, 0.15) is 31.2 Å². The van der Waals surface area contributed by atoms with E-state index in [-0.39, 0.29) is 0 Å². The quantitative estimate of drug-likeness (QED) is 0.499. The van der Waals surface area contributed by atoms with E-state index in [1.165, 1.54) is 25.7 Å². The predicted molar refractivity (Wildman–Crippen MR) is 99.2 cm³/mol. The Hall–Kier alpha value is -0.950. The van der Waals surface area contributed by atoms with Gasteiger partial charge in [0.05, 0.1) is 0 Å². The SMILES string of the molecule is NC(=NCCc1cnc(SC2CCCC2)nc1)N1CCSCC1. The van der Waals surface area contributed by atoms with Crippen LogP contribution < -0.4 is 5.73 Å². The molecule has 0 radical (unpaired) electrons. The summed E-state index contributed by atoms with van der Waals surface area (Å²) in [5, 5.41) is 1.63. The van der Waals surface area contributed by atoms with Crippen molar-refractivity contribution >= 4 is 29.5 Å². The van der Waals surface area contributed by atoms with Gasteiger partial charge in [-0.2, -0.15) is 11.8 Å². The van der Waals surface area contributed by atoms with E-state index in [0.29, 0.717) is 17.8 Å². The number of hydrogen-bond donors (Lipinski definition) is 1. The lowest BCUT2D eigenvalue weighted by Gasteiger charge is -2.27. The van der Waals surface area contributed by atoms with Gasteiger partial charge in [-0.1, -0.05) is 24.6 Å². The number of guanidine groups is 1. The number of rotatable bonds is 5. The second-order valence-electron chi connectivity index (χ2n) is 5.99. The van der Waals surface area contributed by atoms with Gasteiger partial charge in [0.15, 0.2) is 11.1 Å². The second-order valence-corrected chi connectivity index (χ2v) is 8.48. The highest BCUT2D eigenvalue weighted by atomic mass is 32.2. The zero-order valence-electron chi connectivity index (χ0n) is 13.5. The summed E-state index contributed by atoms with van der Waals surface area (Å²) in [6.45, 7) is 2.72. The van der Waals surface area contributed by atoms with Gasteiger partial charge in [0, 0.05) is 48.8 Å². The summed E-state index contributed by atoms with van der Waals surface area (Å²) >= 11 is 3.81. The normalized spacial score (nSPS) is 20.2. The van der Waals surface area contributed by atoms with Crippen LogP contribution in [0.5, 0.6) is 0 Å². The molecule has 2 aliphatic rings. The molecular formula is C16H25N5S2. The third-order valence-corrected chi connectivity index (χ3v) is 6.43. The first-order valence-corrected chi connectivity index (χ1v) is 10.4. The van der Waals surface area contributed by atoms with Crippen LogP contribution in [0.2, 0.25) is 0 Å². The van der Waals surface area contributed by atoms with Crippen molar-refractivity contribution in [3.63, 3.8) is 0 Å². The first-order chi connectivity index (χ1) is 11.3. The highest BCUT2D eigenvalue weighted by Gasteiger charge is 2.17. The van der Waals surface area contributed by atoms with Crippen molar-refractivity contribution in [2.45, 2.75) is 42.5 Å². The molecule has 5 nitrogen and oxygen atoms in total. The summed E-state index contributed by atoms with van der Waals surface area (Å²) in [6, 6.07) is 0. The van der Waals surface area contributed by atoms with Crippen LogP contribution in [-0.4, -0.2) is 57.2 Å². The van der Waals surface area contributed by atoms with Gasteiger partial charge in [0.25, 0.3) is 0 Å². The summed E-state index contributed by atoms with van der Waals surface area (Å²) in [6.07, 6.45) is 10.0. The van der Waals surface area contributed by atoms with Crippen molar-refractivity contribution in [2.75, 3.05) is 31.1 Å². The first kappa shape index (κ1) is 16.9. The van der Waals surface area contributed by atoms with Gasteiger partial charge in [-0.15, -0.1) is 0 Å². The topological polar surface area (TPSA) is 67.4 Å². The molecule has 0 aromatic carbocycles. The molecule has 1 aliphatic heterocycles. The van der Waals surface area contributed by atoms with Crippen LogP contribution in [0.3, 0.4) is 0 Å². The zero-order chi connectivity index (χ0) is 15.9. The molecular weight excluding hydrogens is 326 g/mol. The van der Waals surface area contributed by atoms with Gasteiger partial charge < -0.3 is 10.6 Å². The van der Waals surface area contributed by atoms with E-state index in [2.05, 4.69) is 19.9 Å². The van der Waals surface area contributed by atoms with Crippen molar-refractivity contribution < 1.29 is 0 Å². The van der Waals surface area contributed by atoms with E-state index in [1.54, 1.807) is 0 Å². The van der Waals surface area contributed by atoms with E-state index in [0.717, 1.165) is 41.7 Å². The van der Waals surface area contributed by atoms with Crippen molar-refractivity contribution in [3.05, 3.63) is 18.0 Å². The molecule has 1 aromatic heterocycles. The first-order valence-electron chi connectivity index (χ1n) is 8.41. The summed E-state index contributed by atoms with van der Waals surface area (Å²) in [5.41, 5.74) is 7.19. The highest BCUT2D eigenvalue weighted by molar-refractivity contribution is 7.99. The van der Waals surface area contributed by atoms with Crippen LogP contribution in [0, 0.1) is 0 Å². The van der Waals surface area contributed by atoms with Gasteiger partial charge in [-0.25, -0.2) is 9.97 Å². The number of nitrogens with two attached hydrogens (primary N) is 1. The molecule has 2 fully saturated rings. The van der Waals surface area contributed by atoms with Gasteiger partial charge in [0.2, 0.25) is 0 Å². The minimum Gasteiger partial charge on any atom is -0.370 e. The fraction of sp³-hybridized carbons (Fsp3) is 0.688. The lowest BCUT2D eigenvalue weighted by Crippen LogP contribution is -2.42. The Balaban J connectivity index is 1.44. The average Bonchev–Trinajstić information content (AvgIpc) is 3.10. The summed E-state index contributed by atoms with van der Waals surface area (Å²) < 4.78 is 0. The molecule has 1 aliphatic carbocycles. The highest BCUT2D eigenvalue weighted by Crippen LogP contribution is 2.32. The van der Waals surface area contributed by atoms with E-state index < -0.39 is 0 Å². The molecule has 2 heterocycles. The molecule has 3 rings (SSSR count). The maximum absolute atomic E-state index is 6.06.